The number of nitrogens with zero attached hydrogens (tertiary/aromatic N) is 3. The number of aliphatic hydroxyl groups excluding tert-OH is 1. The molecule has 11 heteroatoms. The fourth-order valence-corrected chi connectivity index (χ4v) is 2.54. The number of halogens is 3. The molecule has 3 heterocycles. The van der Waals surface area contributed by atoms with Crippen molar-refractivity contribution < 1.29 is 25.9 Å². The molecular formula is C12H12F3N5O2S. The first kappa shape index (κ1) is 15.4. The van der Waals surface area contributed by atoms with Gasteiger partial charge in [-0.05, 0) is 6.07 Å². The van der Waals surface area contributed by atoms with Gasteiger partial charge in [-0.3, -0.25) is 10.1 Å². The summed E-state index contributed by atoms with van der Waals surface area (Å²) in [6.45, 7) is 0. The number of amides is 1. The van der Waals surface area contributed by atoms with Crippen LogP contribution in [0.25, 0.3) is 22.4 Å². The molecule has 0 saturated heterocycles. The number of alkyl halides is 3. The summed E-state index contributed by atoms with van der Waals surface area (Å²) in [7, 11) is 0. The van der Waals surface area contributed by atoms with Crippen molar-refractivity contribution in [2.75, 3.05) is 5.32 Å². The van der Waals surface area contributed by atoms with E-state index in [1.165, 1.54) is 11.7 Å². The van der Waals surface area contributed by atoms with Crippen molar-refractivity contribution in [2.24, 2.45) is 0 Å². The molecule has 3 rings (SSSR count). The Kier molecular flexibility index (Phi) is 3.74. The van der Waals surface area contributed by atoms with Crippen molar-refractivity contribution in [2.45, 2.75) is 12.3 Å². The van der Waals surface area contributed by atoms with Gasteiger partial charge in [0, 0.05) is 19.8 Å². The minimum absolute atomic E-state index is 0. The van der Waals surface area contributed by atoms with Gasteiger partial charge in [0.2, 0.25) is 6.10 Å². The molecule has 3 aromatic heterocycles. The number of H-pyrrole nitrogens is 1. The van der Waals surface area contributed by atoms with Crippen molar-refractivity contribution >= 4 is 33.4 Å². The molecule has 0 saturated carbocycles. The van der Waals surface area contributed by atoms with Crippen molar-refractivity contribution in [1.82, 2.24) is 19.9 Å². The van der Waals surface area contributed by atoms with Crippen molar-refractivity contribution in [3.8, 4) is 11.4 Å². The molecule has 3 N–H and O–H groups in total. The summed E-state index contributed by atoms with van der Waals surface area (Å²) >= 11 is 0.920. The molecule has 0 aliphatic rings. The van der Waals surface area contributed by atoms with Gasteiger partial charge in [0.25, 0.3) is 5.91 Å². The Labute approximate surface area is 133 Å². The summed E-state index contributed by atoms with van der Waals surface area (Å²) in [5.41, 5.74) is 1.43. The predicted molar refractivity (Wildman–Crippen MR) is 79.9 cm³/mol. The summed E-state index contributed by atoms with van der Waals surface area (Å²) in [6, 6.07) is 1.73. The van der Waals surface area contributed by atoms with Crippen molar-refractivity contribution in [3.63, 3.8) is 0 Å². The summed E-state index contributed by atoms with van der Waals surface area (Å²) in [5.74, 6) is -1.59. The molecule has 0 spiro atoms. The average molecular weight is 347 g/mol. The summed E-state index contributed by atoms with van der Waals surface area (Å²) in [4.78, 5) is 26.3. The first-order valence-electron chi connectivity index (χ1n) is 6.16. The van der Waals surface area contributed by atoms with E-state index in [-0.39, 0.29) is 7.98 Å². The lowest BCUT2D eigenvalue weighted by Crippen LogP contribution is -2.40. The Hall–Kier alpha value is -2.53. The van der Waals surface area contributed by atoms with Gasteiger partial charge in [-0.2, -0.15) is 13.2 Å². The molecular weight excluding hydrogens is 335 g/mol. The normalized spacial score (nSPS) is 13.2. The first-order valence-corrected chi connectivity index (χ1v) is 7.04. The fraction of sp³-hybridized carbons (Fsp3) is 0.167. The quantitative estimate of drug-likeness (QED) is 0.675. The Morgan fingerprint density at radius 2 is 2.22 bits per heavy atom. The van der Waals surface area contributed by atoms with Gasteiger partial charge >= 0.3 is 6.18 Å². The number of hydrogen-bond donors (Lipinski definition) is 3. The number of aromatic nitrogens is 4. The molecule has 0 aliphatic carbocycles. The highest BCUT2D eigenvalue weighted by molar-refractivity contribution is 7.14. The van der Waals surface area contributed by atoms with Crippen LogP contribution in [0.1, 0.15) is 2.85 Å². The maximum Gasteiger partial charge on any atom is 0.423 e. The van der Waals surface area contributed by atoms with Crippen molar-refractivity contribution in [1.29, 1.82) is 0 Å². The van der Waals surface area contributed by atoms with Crippen LogP contribution in [-0.4, -0.2) is 43.2 Å². The van der Waals surface area contributed by atoms with E-state index in [4.69, 9.17) is 5.11 Å². The lowest BCUT2D eigenvalue weighted by molar-refractivity contribution is -0.202. The van der Waals surface area contributed by atoms with E-state index in [0.29, 0.717) is 22.4 Å². The number of carbonyl (C=O) groups is 1. The fourth-order valence-electron chi connectivity index (χ4n) is 1.84. The summed E-state index contributed by atoms with van der Waals surface area (Å²) in [6.07, 6.45) is -5.16. The van der Waals surface area contributed by atoms with Crippen LogP contribution in [0.15, 0.2) is 24.0 Å². The van der Waals surface area contributed by atoms with Gasteiger partial charge < -0.3 is 10.1 Å². The second-order valence-electron chi connectivity index (χ2n) is 4.43. The van der Waals surface area contributed by atoms with E-state index in [9.17, 15) is 18.0 Å². The van der Waals surface area contributed by atoms with E-state index < -0.39 is 18.2 Å². The lowest BCUT2D eigenvalue weighted by Gasteiger charge is -2.12. The maximum atomic E-state index is 12.3. The third-order valence-corrected chi connectivity index (χ3v) is 3.65. The van der Waals surface area contributed by atoms with E-state index in [1.807, 2.05) is 5.32 Å². The Morgan fingerprint density at radius 1 is 1.43 bits per heavy atom. The van der Waals surface area contributed by atoms with Crippen LogP contribution in [0.5, 0.6) is 0 Å². The molecule has 23 heavy (non-hydrogen) atoms. The number of rotatable bonds is 3. The molecule has 0 bridgehead atoms. The first-order chi connectivity index (χ1) is 10.9. The Morgan fingerprint density at radius 3 is 2.96 bits per heavy atom. The number of fused-ring (bicyclic) bond motifs is 1. The molecule has 7 nitrogen and oxygen atoms in total. The molecule has 1 atom stereocenters. The van der Waals surface area contributed by atoms with Gasteiger partial charge in [-0.25, -0.2) is 15.0 Å². The second-order valence-corrected chi connectivity index (χ2v) is 5.29. The minimum Gasteiger partial charge on any atom is -0.376 e. The Balaban J connectivity index is 0.00000156. The molecule has 0 fully saturated rings. The third kappa shape index (κ3) is 3.00. The van der Waals surface area contributed by atoms with Gasteiger partial charge in [0.15, 0.2) is 5.13 Å². The third-order valence-electron chi connectivity index (χ3n) is 2.89. The SMILES string of the molecule is O=C(Nc1nc(-c2ncnc3[nH]ccc23)cs1)C(O)C(F)(F)F.[HH].[HH]. The number of aliphatic hydroxyl groups is 1. The highest BCUT2D eigenvalue weighted by Crippen LogP contribution is 2.28. The lowest BCUT2D eigenvalue weighted by atomic mass is 10.2. The van der Waals surface area contributed by atoms with E-state index >= 15 is 0 Å². The standard InChI is InChI=1S/C12H8F3N5O2S.2H2/c13-12(14,15)8(21)10(22)20-11-19-6(3-23-11)7-5-1-2-16-9(5)18-4-17-7;;/h1-4,8,21H,(H,16,17,18)(H,19,20,22);2*1H. The zero-order valence-corrected chi connectivity index (χ0v) is 11.9. The number of carbonyl (C=O) groups excluding carboxylic acids is 1. The highest BCUT2D eigenvalue weighted by Gasteiger charge is 2.43. The largest absolute Gasteiger partial charge is 0.423 e. The minimum atomic E-state index is -5.03. The zero-order chi connectivity index (χ0) is 16.6. The highest BCUT2D eigenvalue weighted by atomic mass is 32.1. The van der Waals surface area contributed by atoms with Crippen LogP contribution in [0, 0.1) is 0 Å². The second kappa shape index (κ2) is 5.59. The molecule has 1 amide bonds. The zero-order valence-electron chi connectivity index (χ0n) is 11.1. The topological polar surface area (TPSA) is 104 Å². The smallest absolute Gasteiger partial charge is 0.376 e. The van der Waals surface area contributed by atoms with Gasteiger partial charge in [-0.15, -0.1) is 11.3 Å². The van der Waals surface area contributed by atoms with Crippen LogP contribution in [0.2, 0.25) is 0 Å². The monoisotopic (exact) mass is 347 g/mol. The molecule has 0 aliphatic heterocycles. The van der Waals surface area contributed by atoms with Crippen LogP contribution in [0.4, 0.5) is 18.3 Å². The molecule has 1 unspecified atom stereocenters. The number of nitrogens with one attached hydrogen (secondary N) is 2. The molecule has 124 valence electrons. The number of aromatic amines is 1. The van der Waals surface area contributed by atoms with Crippen LogP contribution in [0.3, 0.4) is 0 Å². The molecule has 3 aromatic rings. The van der Waals surface area contributed by atoms with E-state index in [0.717, 1.165) is 11.3 Å². The van der Waals surface area contributed by atoms with Crippen LogP contribution < -0.4 is 5.32 Å². The number of thiazole rings is 1. The predicted octanol–water partition coefficient (Wildman–Crippen LogP) is 2.44. The van der Waals surface area contributed by atoms with Crippen LogP contribution >= 0.6 is 11.3 Å². The Bertz CT molecular complexity index is 870. The summed E-state index contributed by atoms with van der Waals surface area (Å²) < 4.78 is 36.8. The molecule has 0 aromatic carbocycles. The van der Waals surface area contributed by atoms with Crippen LogP contribution in [-0.2, 0) is 4.79 Å². The summed E-state index contributed by atoms with van der Waals surface area (Å²) in [5, 5.41) is 12.9. The number of hydrogen-bond acceptors (Lipinski definition) is 6. The van der Waals surface area contributed by atoms with E-state index in [2.05, 4.69) is 19.9 Å². The van der Waals surface area contributed by atoms with Crippen molar-refractivity contribution in [3.05, 3.63) is 24.0 Å². The van der Waals surface area contributed by atoms with Gasteiger partial charge in [0.1, 0.15) is 23.4 Å². The molecule has 0 radical (unpaired) electrons. The average Bonchev–Trinajstić information content (AvgIpc) is 3.13. The van der Waals surface area contributed by atoms with Gasteiger partial charge in [-0.1, -0.05) is 0 Å². The van der Waals surface area contributed by atoms with E-state index in [1.54, 1.807) is 12.3 Å². The van der Waals surface area contributed by atoms with Gasteiger partial charge in [0.05, 0.1) is 0 Å². The maximum absolute atomic E-state index is 12.3. The number of anilines is 1.